The van der Waals surface area contributed by atoms with Crippen LogP contribution in [0.15, 0.2) is 0 Å². The number of ether oxygens (including phenoxy) is 1. The molecule has 102 valence electrons. The van der Waals surface area contributed by atoms with Gasteiger partial charge in [0.05, 0.1) is 7.11 Å². The minimum Gasteiger partial charge on any atom is -0.468 e. The smallest absolute Gasteiger partial charge is 0.326 e. The average molecular weight is 261 g/mol. The van der Waals surface area contributed by atoms with Gasteiger partial charge in [-0.25, -0.2) is 0 Å². The number of esters is 1. The van der Waals surface area contributed by atoms with Gasteiger partial charge >= 0.3 is 5.97 Å². The molecule has 0 spiro atoms. The van der Waals surface area contributed by atoms with Crippen LogP contribution in [0.5, 0.6) is 0 Å². The molecule has 0 aliphatic rings. The van der Waals surface area contributed by atoms with Crippen molar-refractivity contribution in [1.82, 2.24) is 5.32 Å². The fraction of sp³-hybridized carbons (Fsp3) is 0.923. The van der Waals surface area contributed by atoms with Crippen molar-refractivity contribution >= 4 is 17.7 Å². The Bertz CT molecular complexity index is 233. The standard InChI is InChI=1S/C13H27NO2S/c1-7-8-14-13(5,12(15)16-6)9-17-11(4)10(2)3/h10-11,14H,7-9H2,1-6H3. The molecule has 0 aromatic carbocycles. The van der Waals surface area contributed by atoms with E-state index in [-0.39, 0.29) is 5.97 Å². The normalized spacial score (nSPS) is 16.6. The molecule has 0 aromatic rings. The fourth-order valence-electron chi connectivity index (χ4n) is 1.30. The molecule has 0 bridgehead atoms. The average Bonchev–Trinajstić information content (AvgIpc) is 2.32. The van der Waals surface area contributed by atoms with Gasteiger partial charge in [0, 0.05) is 11.0 Å². The lowest BCUT2D eigenvalue weighted by atomic mass is 10.1. The van der Waals surface area contributed by atoms with Crippen molar-refractivity contribution in [2.45, 2.75) is 51.8 Å². The Kier molecular flexibility index (Phi) is 7.88. The quantitative estimate of drug-likeness (QED) is 0.682. The van der Waals surface area contributed by atoms with Crippen molar-refractivity contribution in [3.8, 4) is 0 Å². The highest BCUT2D eigenvalue weighted by Crippen LogP contribution is 2.23. The van der Waals surface area contributed by atoms with E-state index in [2.05, 4.69) is 33.0 Å². The second-order valence-electron chi connectivity index (χ2n) is 5.01. The van der Waals surface area contributed by atoms with Crippen LogP contribution in [0.4, 0.5) is 0 Å². The van der Waals surface area contributed by atoms with E-state index in [4.69, 9.17) is 4.74 Å². The van der Waals surface area contributed by atoms with E-state index in [1.54, 1.807) is 0 Å². The molecule has 0 fully saturated rings. The van der Waals surface area contributed by atoms with Crippen LogP contribution in [0.25, 0.3) is 0 Å². The van der Waals surface area contributed by atoms with Crippen molar-refractivity contribution in [3.05, 3.63) is 0 Å². The second kappa shape index (κ2) is 7.98. The monoisotopic (exact) mass is 261 g/mol. The molecule has 2 atom stereocenters. The molecule has 0 heterocycles. The number of hydrogen-bond donors (Lipinski definition) is 1. The zero-order chi connectivity index (χ0) is 13.5. The molecular formula is C13H27NO2S. The predicted molar refractivity (Wildman–Crippen MR) is 75.5 cm³/mol. The Hall–Kier alpha value is -0.220. The van der Waals surface area contributed by atoms with Crippen molar-refractivity contribution in [3.63, 3.8) is 0 Å². The lowest BCUT2D eigenvalue weighted by Crippen LogP contribution is -2.53. The van der Waals surface area contributed by atoms with Crippen molar-refractivity contribution in [1.29, 1.82) is 0 Å². The van der Waals surface area contributed by atoms with E-state index in [1.165, 1.54) is 7.11 Å². The summed E-state index contributed by atoms with van der Waals surface area (Å²) in [4.78, 5) is 11.8. The fourth-order valence-corrected chi connectivity index (χ4v) is 2.50. The van der Waals surface area contributed by atoms with Gasteiger partial charge in [0.1, 0.15) is 5.54 Å². The van der Waals surface area contributed by atoms with Gasteiger partial charge in [-0.3, -0.25) is 4.79 Å². The van der Waals surface area contributed by atoms with Crippen molar-refractivity contribution in [2.75, 3.05) is 19.4 Å². The zero-order valence-corrected chi connectivity index (χ0v) is 12.8. The molecule has 17 heavy (non-hydrogen) atoms. The third-order valence-corrected chi connectivity index (χ3v) is 4.79. The van der Waals surface area contributed by atoms with Crippen LogP contribution in [-0.4, -0.2) is 36.2 Å². The van der Waals surface area contributed by atoms with Crippen LogP contribution in [0.3, 0.4) is 0 Å². The molecular weight excluding hydrogens is 234 g/mol. The zero-order valence-electron chi connectivity index (χ0n) is 12.0. The maximum atomic E-state index is 11.8. The van der Waals surface area contributed by atoms with E-state index in [9.17, 15) is 4.79 Å². The van der Waals surface area contributed by atoms with Crippen LogP contribution in [0.2, 0.25) is 0 Å². The highest BCUT2D eigenvalue weighted by atomic mass is 32.2. The minimum absolute atomic E-state index is 0.172. The number of hydrogen-bond acceptors (Lipinski definition) is 4. The van der Waals surface area contributed by atoms with E-state index < -0.39 is 5.54 Å². The predicted octanol–water partition coefficient (Wildman–Crippen LogP) is 2.70. The maximum Gasteiger partial charge on any atom is 0.326 e. The molecule has 0 saturated heterocycles. The summed E-state index contributed by atoms with van der Waals surface area (Å²) in [5, 5.41) is 3.84. The van der Waals surface area contributed by atoms with E-state index in [1.807, 2.05) is 18.7 Å². The minimum atomic E-state index is -0.571. The Balaban J connectivity index is 4.43. The Morgan fingerprint density at radius 3 is 2.41 bits per heavy atom. The van der Waals surface area contributed by atoms with Gasteiger partial charge in [-0.15, -0.1) is 0 Å². The van der Waals surface area contributed by atoms with E-state index >= 15 is 0 Å². The lowest BCUT2D eigenvalue weighted by Gasteiger charge is -2.29. The molecule has 1 N–H and O–H groups in total. The van der Waals surface area contributed by atoms with Crippen LogP contribution in [0, 0.1) is 5.92 Å². The first kappa shape index (κ1) is 16.8. The number of nitrogens with one attached hydrogen (secondary N) is 1. The van der Waals surface area contributed by atoms with Gasteiger partial charge in [0.2, 0.25) is 0 Å². The molecule has 0 aliphatic heterocycles. The first-order valence-corrected chi connectivity index (χ1v) is 7.37. The maximum absolute atomic E-state index is 11.8. The van der Waals surface area contributed by atoms with Gasteiger partial charge in [-0.1, -0.05) is 27.7 Å². The van der Waals surface area contributed by atoms with Gasteiger partial charge < -0.3 is 10.1 Å². The third kappa shape index (κ3) is 5.77. The second-order valence-corrected chi connectivity index (χ2v) is 6.38. The number of carbonyl (C=O) groups is 1. The van der Waals surface area contributed by atoms with E-state index in [0.717, 1.165) is 18.7 Å². The van der Waals surface area contributed by atoms with Crippen molar-refractivity contribution < 1.29 is 9.53 Å². The molecule has 0 saturated carbocycles. The lowest BCUT2D eigenvalue weighted by molar-refractivity contribution is -0.146. The summed E-state index contributed by atoms with van der Waals surface area (Å²) >= 11 is 1.82. The summed E-state index contributed by atoms with van der Waals surface area (Å²) in [6.45, 7) is 11.5. The molecule has 0 rings (SSSR count). The molecule has 3 nitrogen and oxygen atoms in total. The number of rotatable bonds is 8. The Morgan fingerprint density at radius 1 is 1.41 bits per heavy atom. The summed E-state index contributed by atoms with van der Waals surface area (Å²) in [5.41, 5.74) is -0.571. The Morgan fingerprint density at radius 2 is 2.00 bits per heavy atom. The summed E-state index contributed by atoms with van der Waals surface area (Å²) in [6.07, 6.45) is 1.01. The van der Waals surface area contributed by atoms with Crippen molar-refractivity contribution in [2.24, 2.45) is 5.92 Å². The highest BCUT2D eigenvalue weighted by Gasteiger charge is 2.34. The first-order valence-electron chi connectivity index (χ1n) is 6.32. The van der Waals surface area contributed by atoms with Crippen LogP contribution < -0.4 is 5.32 Å². The van der Waals surface area contributed by atoms with Gasteiger partial charge in [-0.2, -0.15) is 11.8 Å². The molecule has 0 aromatic heterocycles. The molecule has 0 amide bonds. The number of thioether (sulfide) groups is 1. The van der Waals surface area contributed by atoms with E-state index in [0.29, 0.717) is 11.2 Å². The van der Waals surface area contributed by atoms with Gasteiger partial charge in [0.25, 0.3) is 0 Å². The molecule has 0 aliphatic carbocycles. The third-order valence-electron chi connectivity index (χ3n) is 2.97. The van der Waals surface area contributed by atoms with Gasteiger partial charge in [0.15, 0.2) is 0 Å². The summed E-state index contributed by atoms with van der Waals surface area (Å²) in [5.74, 6) is 1.20. The summed E-state index contributed by atoms with van der Waals surface area (Å²) < 4.78 is 4.89. The van der Waals surface area contributed by atoms with Crippen LogP contribution in [0.1, 0.15) is 41.0 Å². The van der Waals surface area contributed by atoms with Crippen LogP contribution in [-0.2, 0) is 9.53 Å². The molecule has 4 heteroatoms. The summed E-state index contributed by atoms with van der Waals surface area (Å²) in [7, 11) is 1.45. The number of methoxy groups -OCH3 is 1. The molecule has 2 unspecified atom stereocenters. The van der Waals surface area contributed by atoms with Crippen LogP contribution >= 0.6 is 11.8 Å². The Labute approximate surface area is 110 Å². The highest BCUT2D eigenvalue weighted by molar-refractivity contribution is 8.00. The topological polar surface area (TPSA) is 38.3 Å². The largest absolute Gasteiger partial charge is 0.468 e. The SMILES string of the molecule is CCCNC(C)(CSC(C)C(C)C)C(=O)OC. The number of carbonyl (C=O) groups excluding carboxylic acids is 1. The molecule has 0 radical (unpaired) electrons. The first-order chi connectivity index (χ1) is 7.87. The summed E-state index contributed by atoms with van der Waals surface area (Å²) in [6, 6.07) is 0. The van der Waals surface area contributed by atoms with Gasteiger partial charge in [-0.05, 0) is 25.8 Å².